The lowest BCUT2D eigenvalue weighted by Gasteiger charge is -2.21. The number of rotatable bonds is 3. The molecule has 6 heteroatoms. The second-order valence-corrected chi connectivity index (χ2v) is 6.17. The Balaban J connectivity index is 2.21. The summed E-state index contributed by atoms with van der Waals surface area (Å²) in [6, 6.07) is 10.3. The average Bonchev–Trinajstić information content (AvgIpc) is 2.86. The Morgan fingerprint density at radius 1 is 1.19 bits per heavy atom. The summed E-state index contributed by atoms with van der Waals surface area (Å²) < 4.78 is 0. The molecule has 0 aliphatic rings. The first-order valence-corrected chi connectivity index (χ1v) is 7.46. The number of hydrogen-bond acceptors (Lipinski definition) is 6. The molecule has 0 saturated heterocycles. The molecule has 0 radical (unpaired) electrons. The zero-order valence-corrected chi connectivity index (χ0v) is 13.0. The van der Waals surface area contributed by atoms with Gasteiger partial charge in [0, 0.05) is 17.6 Å². The molecule has 3 rings (SSSR count). The maximum Gasteiger partial charge on any atom is 0.240 e. The van der Waals surface area contributed by atoms with Gasteiger partial charge in [-0.05, 0) is 31.5 Å². The molecule has 2 heterocycles. The van der Waals surface area contributed by atoms with Gasteiger partial charge in [-0.25, -0.2) is 10.8 Å². The number of fused-ring (bicyclic) bond motifs is 1. The van der Waals surface area contributed by atoms with Crippen molar-refractivity contribution < 1.29 is 0 Å². The Labute approximate surface area is 127 Å². The van der Waals surface area contributed by atoms with Gasteiger partial charge >= 0.3 is 0 Å². The molecule has 1 aromatic carbocycles. The van der Waals surface area contributed by atoms with Gasteiger partial charge in [-0.15, -0.1) is 11.3 Å². The van der Waals surface area contributed by atoms with Crippen LogP contribution in [0, 0.1) is 13.8 Å². The summed E-state index contributed by atoms with van der Waals surface area (Å²) in [4.78, 5) is 13.2. The van der Waals surface area contributed by atoms with Crippen LogP contribution in [0.4, 0.5) is 17.5 Å². The fourth-order valence-electron chi connectivity index (χ4n) is 2.40. The van der Waals surface area contributed by atoms with Gasteiger partial charge in [0.1, 0.15) is 10.6 Å². The standard InChI is InChI=1S/C15H17N5S/c1-9-6-4-5-7-12(9)20(3)13-11-8-10(2)21-14(11)18-15(17-13)19-16/h4-8H,16H2,1-3H3,(H,17,18,19). The van der Waals surface area contributed by atoms with E-state index in [1.807, 2.05) is 19.2 Å². The van der Waals surface area contributed by atoms with Gasteiger partial charge in [-0.1, -0.05) is 18.2 Å². The van der Waals surface area contributed by atoms with E-state index in [9.17, 15) is 0 Å². The van der Waals surface area contributed by atoms with Crippen LogP contribution in [0.15, 0.2) is 30.3 Å². The van der Waals surface area contributed by atoms with Crippen molar-refractivity contribution in [2.45, 2.75) is 13.8 Å². The van der Waals surface area contributed by atoms with Crippen molar-refractivity contribution in [3.63, 3.8) is 0 Å². The number of aromatic nitrogens is 2. The number of nitrogens with two attached hydrogens (primary N) is 1. The molecule has 0 aliphatic carbocycles. The molecule has 3 N–H and O–H groups in total. The Morgan fingerprint density at radius 2 is 1.95 bits per heavy atom. The van der Waals surface area contributed by atoms with Crippen molar-refractivity contribution >= 4 is 39.0 Å². The Hall–Kier alpha value is -2.18. The van der Waals surface area contributed by atoms with E-state index < -0.39 is 0 Å². The fraction of sp³-hybridized carbons (Fsp3) is 0.200. The highest BCUT2D eigenvalue weighted by Gasteiger charge is 2.15. The minimum absolute atomic E-state index is 0.430. The van der Waals surface area contributed by atoms with Crippen LogP contribution in [-0.4, -0.2) is 17.0 Å². The van der Waals surface area contributed by atoms with E-state index >= 15 is 0 Å². The van der Waals surface area contributed by atoms with Crippen molar-refractivity contribution in [1.82, 2.24) is 9.97 Å². The predicted octanol–water partition coefficient (Wildman–Crippen LogP) is 3.36. The average molecular weight is 299 g/mol. The fourth-order valence-corrected chi connectivity index (χ4v) is 3.28. The topological polar surface area (TPSA) is 67.1 Å². The van der Waals surface area contributed by atoms with Gasteiger partial charge in [0.25, 0.3) is 0 Å². The van der Waals surface area contributed by atoms with E-state index in [0.717, 1.165) is 21.7 Å². The van der Waals surface area contributed by atoms with Crippen LogP contribution < -0.4 is 16.2 Å². The zero-order chi connectivity index (χ0) is 15.0. The molecular weight excluding hydrogens is 282 g/mol. The van der Waals surface area contributed by atoms with Crippen LogP contribution in [0.5, 0.6) is 0 Å². The van der Waals surface area contributed by atoms with Crippen LogP contribution >= 0.6 is 11.3 Å². The van der Waals surface area contributed by atoms with E-state index in [1.165, 1.54) is 10.4 Å². The van der Waals surface area contributed by atoms with Gasteiger partial charge in [-0.2, -0.15) is 4.98 Å². The molecule has 0 fully saturated rings. The summed E-state index contributed by atoms with van der Waals surface area (Å²) >= 11 is 1.64. The van der Waals surface area contributed by atoms with E-state index in [2.05, 4.69) is 52.3 Å². The molecule has 21 heavy (non-hydrogen) atoms. The van der Waals surface area contributed by atoms with Crippen molar-refractivity contribution in [3.05, 3.63) is 40.8 Å². The molecule has 0 amide bonds. The third-order valence-electron chi connectivity index (χ3n) is 3.42. The number of aryl methyl sites for hydroxylation is 2. The summed E-state index contributed by atoms with van der Waals surface area (Å²) in [5, 5.41) is 1.04. The zero-order valence-electron chi connectivity index (χ0n) is 12.2. The maximum absolute atomic E-state index is 5.50. The molecule has 2 aromatic heterocycles. The first-order valence-electron chi connectivity index (χ1n) is 6.64. The van der Waals surface area contributed by atoms with Crippen LogP contribution in [0.3, 0.4) is 0 Å². The summed E-state index contributed by atoms with van der Waals surface area (Å²) in [6.07, 6.45) is 0. The number of hydrogen-bond donors (Lipinski definition) is 2. The summed E-state index contributed by atoms with van der Waals surface area (Å²) in [5.41, 5.74) is 4.86. The van der Waals surface area contributed by atoms with Crippen molar-refractivity contribution in [3.8, 4) is 0 Å². The Morgan fingerprint density at radius 3 is 2.67 bits per heavy atom. The summed E-state index contributed by atoms with van der Waals surface area (Å²) in [6.45, 7) is 4.16. The highest BCUT2D eigenvalue weighted by molar-refractivity contribution is 7.18. The number of benzene rings is 1. The number of thiophene rings is 1. The van der Waals surface area contributed by atoms with Crippen molar-refractivity contribution in [2.24, 2.45) is 5.84 Å². The lowest BCUT2D eigenvalue weighted by Crippen LogP contribution is -2.16. The second-order valence-electron chi connectivity index (χ2n) is 4.94. The SMILES string of the molecule is Cc1cc2c(N(C)c3ccccc3C)nc(NN)nc2s1. The van der Waals surface area contributed by atoms with Gasteiger partial charge in [0.2, 0.25) is 5.95 Å². The number of nitrogens with zero attached hydrogens (tertiary/aromatic N) is 3. The number of para-hydroxylation sites is 1. The first kappa shape index (κ1) is 13.8. The molecule has 0 bridgehead atoms. The second kappa shape index (κ2) is 5.31. The van der Waals surface area contributed by atoms with Gasteiger partial charge < -0.3 is 4.90 Å². The molecule has 5 nitrogen and oxygen atoms in total. The molecule has 0 aliphatic heterocycles. The minimum atomic E-state index is 0.430. The Bertz CT molecular complexity index is 796. The van der Waals surface area contributed by atoms with Crippen LogP contribution in [0.2, 0.25) is 0 Å². The van der Waals surface area contributed by atoms with Gasteiger partial charge in [0.15, 0.2) is 0 Å². The lowest BCUT2D eigenvalue weighted by atomic mass is 10.2. The van der Waals surface area contributed by atoms with E-state index in [0.29, 0.717) is 5.95 Å². The van der Waals surface area contributed by atoms with E-state index in [-0.39, 0.29) is 0 Å². The summed E-state index contributed by atoms with van der Waals surface area (Å²) in [7, 11) is 2.01. The number of nitrogen functional groups attached to an aromatic ring is 1. The van der Waals surface area contributed by atoms with Crippen molar-refractivity contribution in [1.29, 1.82) is 0 Å². The van der Waals surface area contributed by atoms with Gasteiger partial charge in [0.05, 0.1) is 5.39 Å². The van der Waals surface area contributed by atoms with E-state index in [4.69, 9.17) is 5.84 Å². The van der Waals surface area contributed by atoms with Crippen LogP contribution in [-0.2, 0) is 0 Å². The molecule has 0 spiro atoms. The normalized spacial score (nSPS) is 10.9. The maximum atomic E-state index is 5.50. The molecule has 108 valence electrons. The number of hydrazine groups is 1. The predicted molar refractivity (Wildman–Crippen MR) is 89.2 cm³/mol. The number of nitrogens with one attached hydrogen (secondary N) is 1. The molecule has 0 atom stereocenters. The monoisotopic (exact) mass is 299 g/mol. The number of anilines is 3. The largest absolute Gasteiger partial charge is 0.329 e. The minimum Gasteiger partial charge on any atom is -0.329 e. The highest BCUT2D eigenvalue weighted by Crippen LogP contribution is 2.35. The molecule has 0 saturated carbocycles. The lowest BCUT2D eigenvalue weighted by molar-refractivity contribution is 1.09. The third-order valence-corrected chi connectivity index (χ3v) is 4.36. The summed E-state index contributed by atoms with van der Waals surface area (Å²) in [5.74, 6) is 6.78. The van der Waals surface area contributed by atoms with E-state index in [1.54, 1.807) is 11.3 Å². The molecule has 3 aromatic rings. The Kier molecular flexibility index (Phi) is 3.48. The van der Waals surface area contributed by atoms with Crippen LogP contribution in [0.25, 0.3) is 10.2 Å². The smallest absolute Gasteiger partial charge is 0.240 e. The molecular formula is C15H17N5S. The first-order chi connectivity index (χ1) is 10.1. The third kappa shape index (κ3) is 2.43. The molecule has 0 unspecified atom stereocenters. The highest BCUT2D eigenvalue weighted by atomic mass is 32.1. The van der Waals surface area contributed by atoms with Gasteiger partial charge in [-0.3, -0.25) is 5.43 Å². The van der Waals surface area contributed by atoms with Crippen molar-refractivity contribution in [2.75, 3.05) is 17.4 Å². The quantitative estimate of drug-likeness (QED) is 0.573. The van der Waals surface area contributed by atoms with Crippen LogP contribution in [0.1, 0.15) is 10.4 Å².